The second-order valence-electron chi connectivity index (χ2n) is 12.9. The minimum Gasteiger partial charge on any atom is -0.460 e. The molecule has 7 rings (SSSR count). The standard InChI is InChI=1S/C33H39NO8/c1-5-14-39-26-17-20-16-22-21-9-6-7-10-23(21)34(29(37)40-15-8-13-35)28(22)31(20,4)30(3)11-12-32-25(33(26,30)38)18-24(36)27(42-32)19(2)41-32/h6-7,9-10,18,20,26-27,35,38H,2,5,8,11-17H2,1,3-4H3/t20-,26+,27+,30-,31-,32-,33+/m1/s1. The van der Waals surface area contributed by atoms with Crippen molar-refractivity contribution in [1.29, 1.82) is 0 Å². The smallest absolute Gasteiger partial charge is 0.418 e. The molecule has 7 atom stereocenters. The summed E-state index contributed by atoms with van der Waals surface area (Å²) in [5.74, 6) is -1.26. The SMILES string of the molecule is C=C1O[C@@]23CC[C@]4(C)[C@@]5(C)c6c(c7ccccc7n6C(=O)OCCCO)C[C@@H]5C[C@H](OCCC)[C@@]4(O)C2=CC(=O)[C@H]1O3. The molecule has 9 nitrogen and oxygen atoms in total. The Hall–Kier alpha value is -2.98. The second-order valence-corrected chi connectivity index (χ2v) is 12.9. The van der Waals surface area contributed by atoms with E-state index in [4.69, 9.17) is 18.9 Å². The van der Waals surface area contributed by atoms with Crippen LogP contribution in [0.25, 0.3) is 10.9 Å². The van der Waals surface area contributed by atoms with E-state index in [-0.39, 0.29) is 30.7 Å². The summed E-state index contributed by atoms with van der Waals surface area (Å²) in [5.41, 5.74) is -0.166. The molecule has 3 aliphatic carbocycles. The van der Waals surface area contributed by atoms with E-state index >= 15 is 0 Å². The van der Waals surface area contributed by atoms with Gasteiger partial charge in [-0.2, -0.15) is 0 Å². The van der Waals surface area contributed by atoms with Gasteiger partial charge in [0.1, 0.15) is 11.4 Å². The number of ether oxygens (including phenoxy) is 4. The third kappa shape index (κ3) is 3.23. The Kier molecular flexibility index (Phi) is 6.13. The average Bonchev–Trinajstić information content (AvgIpc) is 3.57. The van der Waals surface area contributed by atoms with Crippen molar-refractivity contribution in [2.45, 2.75) is 88.3 Å². The van der Waals surface area contributed by atoms with Crippen molar-refractivity contribution in [3.63, 3.8) is 0 Å². The van der Waals surface area contributed by atoms with Gasteiger partial charge < -0.3 is 29.2 Å². The van der Waals surface area contributed by atoms with Gasteiger partial charge in [-0.25, -0.2) is 9.36 Å². The van der Waals surface area contributed by atoms with Gasteiger partial charge in [-0.15, -0.1) is 0 Å². The molecular weight excluding hydrogens is 538 g/mol. The molecule has 9 heteroatoms. The number of aromatic nitrogens is 1. The highest BCUT2D eigenvalue weighted by molar-refractivity contribution is 5.98. The maximum Gasteiger partial charge on any atom is 0.418 e. The maximum absolute atomic E-state index is 13.8. The van der Waals surface area contributed by atoms with Gasteiger partial charge in [-0.1, -0.05) is 45.5 Å². The molecule has 5 aliphatic rings. The third-order valence-corrected chi connectivity index (χ3v) is 11.1. The summed E-state index contributed by atoms with van der Waals surface area (Å²) in [6.07, 6.45) is 2.80. The number of para-hydroxylation sites is 1. The first-order valence-corrected chi connectivity index (χ1v) is 15.1. The molecule has 2 aromatic rings. The number of carbonyl (C=O) groups excluding carboxylic acids is 2. The van der Waals surface area contributed by atoms with Crippen molar-refractivity contribution < 1.29 is 38.7 Å². The van der Waals surface area contributed by atoms with Gasteiger partial charge >= 0.3 is 6.09 Å². The van der Waals surface area contributed by atoms with E-state index in [0.717, 1.165) is 35.0 Å². The first-order chi connectivity index (χ1) is 20.1. The van der Waals surface area contributed by atoms with Gasteiger partial charge in [0.05, 0.1) is 18.2 Å². The van der Waals surface area contributed by atoms with Crippen LogP contribution in [0, 0.1) is 11.3 Å². The molecule has 3 heterocycles. The Bertz CT molecular complexity index is 1540. The Morgan fingerprint density at radius 1 is 1.21 bits per heavy atom. The molecule has 2 bridgehead atoms. The van der Waals surface area contributed by atoms with Crippen LogP contribution >= 0.6 is 0 Å². The zero-order valence-electron chi connectivity index (χ0n) is 24.5. The number of aliphatic hydroxyl groups is 2. The molecule has 1 spiro atoms. The minimum atomic E-state index is -1.64. The highest BCUT2D eigenvalue weighted by Crippen LogP contribution is 2.72. The fourth-order valence-electron chi connectivity index (χ4n) is 9.03. The molecule has 1 aromatic carbocycles. The van der Waals surface area contributed by atoms with Crippen molar-refractivity contribution in [2.24, 2.45) is 11.3 Å². The van der Waals surface area contributed by atoms with Crippen molar-refractivity contribution in [3.05, 3.63) is 59.5 Å². The van der Waals surface area contributed by atoms with Crippen LogP contribution in [0.15, 0.2) is 48.3 Å². The molecule has 0 amide bonds. The fraction of sp³-hybridized carbons (Fsp3) is 0.576. The average molecular weight is 578 g/mol. The monoisotopic (exact) mass is 577 g/mol. The summed E-state index contributed by atoms with van der Waals surface area (Å²) in [6.45, 7) is 10.7. The zero-order chi connectivity index (χ0) is 29.7. The second kappa shape index (κ2) is 9.26. The number of rotatable bonds is 6. The molecule has 224 valence electrons. The molecule has 1 aromatic heterocycles. The maximum atomic E-state index is 13.8. The molecule has 3 fully saturated rings. The van der Waals surface area contributed by atoms with Crippen LogP contribution in [0.2, 0.25) is 0 Å². The molecule has 2 saturated carbocycles. The lowest BCUT2D eigenvalue weighted by molar-refractivity contribution is -0.274. The Morgan fingerprint density at radius 3 is 2.76 bits per heavy atom. The highest BCUT2D eigenvalue weighted by atomic mass is 16.8. The lowest BCUT2D eigenvalue weighted by Crippen LogP contribution is -2.75. The van der Waals surface area contributed by atoms with Crippen molar-refractivity contribution in [2.75, 3.05) is 19.8 Å². The Balaban J connectivity index is 1.45. The lowest BCUT2D eigenvalue weighted by atomic mass is 9.41. The summed E-state index contributed by atoms with van der Waals surface area (Å²) in [5, 5.41) is 23.6. The number of hydrogen-bond donors (Lipinski definition) is 2. The van der Waals surface area contributed by atoms with Crippen LogP contribution in [0.1, 0.15) is 64.1 Å². The van der Waals surface area contributed by atoms with E-state index < -0.39 is 40.5 Å². The van der Waals surface area contributed by atoms with Crippen molar-refractivity contribution in [3.8, 4) is 0 Å². The fourth-order valence-corrected chi connectivity index (χ4v) is 9.03. The summed E-state index contributed by atoms with van der Waals surface area (Å²) in [6, 6.07) is 7.84. The summed E-state index contributed by atoms with van der Waals surface area (Å²) >= 11 is 0. The van der Waals surface area contributed by atoms with Crippen LogP contribution in [0.3, 0.4) is 0 Å². The molecule has 0 radical (unpaired) electrons. The topological polar surface area (TPSA) is 116 Å². The zero-order valence-corrected chi connectivity index (χ0v) is 24.5. The molecule has 1 saturated heterocycles. The van der Waals surface area contributed by atoms with E-state index in [1.165, 1.54) is 6.08 Å². The minimum absolute atomic E-state index is 0.0535. The van der Waals surface area contributed by atoms with Gasteiger partial charge in [0.2, 0.25) is 5.79 Å². The molecule has 2 N–H and O–H groups in total. The van der Waals surface area contributed by atoms with Gasteiger partial charge in [0.15, 0.2) is 11.9 Å². The predicted octanol–water partition coefficient (Wildman–Crippen LogP) is 4.30. The number of benzene rings is 1. The van der Waals surface area contributed by atoms with Crippen molar-refractivity contribution >= 4 is 22.8 Å². The summed E-state index contributed by atoms with van der Waals surface area (Å²) in [4.78, 5) is 27.1. The number of hydrogen-bond acceptors (Lipinski definition) is 8. The van der Waals surface area contributed by atoms with E-state index in [1.54, 1.807) is 4.57 Å². The summed E-state index contributed by atoms with van der Waals surface area (Å²) in [7, 11) is 0. The van der Waals surface area contributed by atoms with E-state index in [9.17, 15) is 19.8 Å². The van der Waals surface area contributed by atoms with Gasteiger partial charge in [-0.3, -0.25) is 4.79 Å². The van der Waals surface area contributed by atoms with Gasteiger partial charge in [-0.05, 0) is 49.3 Å². The number of nitrogens with zero attached hydrogens (tertiary/aromatic N) is 1. The highest BCUT2D eigenvalue weighted by Gasteiger charge is 2.77. The largest absolute Gasteiger partial charge is 0.460 e. The number of ketones is 1. The molecule has 0 unspecified atom stereocenters. The third-order valence-electron chi connectivity index (χ3n) is 11.1. The van der Waals surface area contributed by atoms with Crippen LogP contribution in [-0.2, 0) is 35.6 Å². The first-order valence-electron chi connectivity index (χ1n) is 15.1. The lowest BCUT2D eigenvalue weighted by Gasteiger charge is -2.67. The first kappa shape index (κ1) is 27.8. The van der Waals surface area contributed by atoms with Crippen molar-refractivity contribution in [1.82, 2.24) is 4.57 Å². The number of carbonyl (C=O) groups is 2. The molecular formula is C33H39NO8. The summed E-state index contributed by atoms with van der Waals surface area (Å²) < 4.78 is 26.3. The van der Waals surface area contributed by atoms with Crippen LogP contribution in [0.4, 0.5) is 4.79 Å². The van der Waals surface area contributed by atoms with Gasteiger partial charge in [0, 0.05) is 53.5 Å². The molecule has 42 heavy (non-hydrogen) atoms. The normalized spacial score (nSPS) is 37.9. The molecule has 2 aliphatic heterocycles. The van der Waals surface area contributed by atoms with Gasteiger partial charge in [0.25, 0.3) is 0 Å². The van der Waals surface area contributed by atoms with Crippen LogP contribution < -0.4 is 0 Å². The van der Waals surface area contributed by atoms with E-state index in [2.05, 4.69) is 20.4 Å². The predicted molar refractivity (Wildman–Crippen MR) is 153 cm³/mol. The quantitative estimate of drug-likeness (QED) is 0.488. The van der Waals surface area contributed by atoms with E-state index in [1.807, 2.05) is 31.2 Å². The number of fused-ring (bicyclic) bond motifs is 9. The van der Waals surface area contributed by atoms with Crippen LogP contribution in [0.5, 0.6) is 0 Å². The Labute approximate surface area is 245 Å². The Morgan fingerprint density at radius 2 is 2.00 bits per heavy atom. The van der Waals surface area contributed by atoms with Crippen LogP contribution in [-0.4, -0.2) is 70.1 Å². The van der Waals surface area contributed by atoms with E-state index in [0.29, 0.717) is 37.9 Å². The number of aliphatic hydroxyl groups excluding tert-OH is 1.